The molecule has 2 aromatic rings. The summed E-state index contributed by atoms with van der Waals surface area (Å²) in [6.45, 7) is 3.29. The highest BCUT2D eigenvalue weighted by Crippen LogP contribution is 2.40. The highest BCUT2D eigenvalue weighted by Gasteiger charge is 2.38. The van der Waals surface area contributed by atoms with Gasteiger partial charge in [0.05, 0.1) is 16.6 Å². The summed E-state index contributed by atoms with van der Waals surface area (Å²) in [4.78, 5) is 18.4. The first kappa shape index (κ1) is 19.2. The van der Waals surface area contributed by atoms with E-state index in [1.165, 1.54) is 0 Å². The van der Waals surface area contributed by atoms with Gasteiger partial charge in [-0.25, -0.2) is 4.98 Å². The van der Waals surface area contributed by atoms with Crippen molar-refractivity contribution in [2.45, 2.75) is 57.2 Å². The van der Waals surface area contributed by atoms with Crippen molar-refractivity contribution in [3.05, 3.63) is 23.0 Å². The van der Waals surface area contributed by atoms with Crippen molar-refractivity contribution >= 4 is 17.0 Å². The molecule has 2 aromatic heterocycles. The second kappa shape index (κ2) is 7.35. The molecule has 1 atom stereocenters. The van der Waals surface area contributed by atoms with Gasteiger partial charge in [0.2, 0.25) is 0 Å². The van der Waals surface area contributed by atoms with Crippen LogP contribution < -0.4 is 0 Å². The van der Waals surface area contributed by atoms with Crippen LogP contribution in [0.15, 0.2) is 10.6 Å². The monoisotopic (exact) mass is 397 g/mol. The summed E-state index contributed by atoms with van der Waals surface area (Å²) < 4.78 is 51.5. The van der Waals surface area contributed by atoms with E-state index in [-0.39, 0.29) is 29.0 Å². The molecule has 1 unspecified atom stereocenters. The second-order valence-corrected chi connectivity index (χ2v) is 7.36. The van der Waals surface area contributed by atoms with Crippen molar-refractivity contribution in [2.24, 2.45) is 0 Å². The number of piperidine rings is 1. The normalized spacial score (nSPS) is 21.6. The second-order valence-electron chi connectivity index (χ2n) is 7.36. The number of carbonyl (C=O) groups is 1. The summed E-state index contributed by atoms with van der Waals surface area (Å²) in [5, 5.41) is 3.90. The third-order valence-electron chi connectivity index (χ3n) is 5.59. The smallest absolute Gasteiger partial charge is 0.368 e. The molecule has 0 aromatic carbocycles. The number of halogens is 3. The van der Waals surface area contributed by atoms with Gasteiger partial charge in [0, 0.05) is 31.3 Å². The number of carbonyl (C=O) groups excluding carboxylic acids is 1. The lowest BCUT2D eigenvalue weighted by Gasteiger charge is -2.32. The largest absolute Gasteiger partial charge is 0.417 e. The highest BCUT2D eigenvalue weighted by molar-refractivity contribution is 5.82. The van der Waals surface area contributed by atoms with E-state index in [9.17, 15) is 18.0 Å². The molecule has 0 radical (unpaired) electrons. The first-order valence-corrected chi connectivity index (χ1v) is 9.65. The average molecular weight is 397 g/mol. The minimum atomic E-state index is -4.51. The summed E-state index contributed by atoms with van der Waals surface area (Å²) in [7, 11) is 0. The number of ether oxygens (including phenoxy) is 1. The van der Waals surface area contributed by atoms with Crippen LogP contribution in [-0.2, 0) is 22.1 Å². The molecular formula is C19H22F3N3O3. The van der Waals surface area contributed by atoms with Crippen LogP contribution in [0.25, 0.3) is 11.1 Å². The predicted molar refractivity (Wildman–Crippen MR) is 93.7 cm³/mol. The number of hydrogen-bond donors (Lipinski definition) is 0. The number of rotatable bonds is 3. The zero-order valence-corrected chi connectivity index (χ0v) is 15.6. The number of aryl methyl sites for hydroxylation is 1. The van der Waals surface area contributed by atoms with Crippen LogP contribution in [0.5, 0.6) is 0 Å². The highest BCUT2D eigenvalue weighted by atomic mass is 19.4. The number of amides is 1. The van der Waals surface area contributed by atoms with Gasteiger partial charge in [-0.05, 0) is 38.2 Å². The quantitative estimate of drug-likeness (QED) is 0.790. The Hall–Kier alpha value is -2.16. The minimum Gasteiger partial charge on any atom is -0.368 e. The van der Waals surface area contributed by atoms with Crippen LogP contribution in [0.1, 0.15) is 55.5 Å². The predicted octanol–water partition coefficient (Wildman–Crippen LogP) is 3.69. The molecule has 0 bridgehead atoms. The van der Waals surface area contributed by atoms with Gasteiger partial charge in [0.1, 0.15) is 6.10 Å². The SMILES string of the molecule is CCc1cc(C(F)(F)F)c2c(C3CCN(C(=O)C4CCCO4)CC3)noc2n1. The first-order valence-electron chi connectivity index (χ1n) is 9.65. The van der Waals surface area contributed by atoms with Gasteiger partial charge in [0.25, 0.3) is 11.6 Å². The molecule has 2 aliphatic rings. The molecule has 0 saturated carbocycles. The molecule has 4 rings (SSSR count). The van der Waals surface area contributed by atoms with E-state index in [2.05, 4.69) is 10.1 Å². The number of alkyl halides is 3. The molecule has 28 heavy (non-hydrogen) atoms. The van der Waals surface area contributed by atoms with Gasteiger partial charge in [-0.15, -0.1) is 0 Å². The standard InChI is InChI=1S/C19H22F3N3O3/c1-2-12-10-13(19(20,21)22)15-16(24-28-17(15)23-12)11-5-7-25(8-6-11)18(26)14-4-3-9-27-14/h10-11,14H,2-9H2,1H3. The Bertz CT molecular complexity index is 866. The van der Waals surface area contributed by atoms with Gasteiger partial charge in [0.15, 0.2) is 0 Å². The molecule has 2 fully saturated rings. The number of hydrogen-bond acceptors (Lipinski definition) is 5. The van der Waals surface area contributed by atoms with E-state index in [1.54, 1.807) is 11.8 Å². The Morgan fingerprint density at radius 3 is 2.64 bits per heavy atom. The fourth-order valence-corrected chi connectivity index (χ4v) is 4.06. The third-order valence-corrected chi connectivity index (χ3v) is 5.59. The van der Waals surface area contributed by atoms with Gasteiger partial charge < -0.3 is 14.2 Å². The van der Waals surface area contributed by atoms with E-state index < -0.39 is 11.7 Å². The molecule has 0 N–H and O–H groups in total. The fraction of sp³-hybridized carbons (Fsp3) is 0.632. The van der Waals surface area contributed by atoms with Gasteiger partial charge in [-0.1, -0.05) is 12.1 Å². The van der Waals surface area contributed by atoms with Crippen molar-refractivity contribution in [2.75, 3.05) is 19.7 Å². The lowest BCUT2D eigenvalue weighted by atomic mass is 9.90. The number of aromatic nitrogens is 2. The Morgan fingerprint density at radius 1 is 1.29 bits per heavy atom. The Kier molecular flexibility index (Phi) is 5.03. The molecule has 2 aliphatic heterocycles. The molecule has 1 amide bonds. The van der Waals surface area contributed by atoms with Crippen LogP contribution in [0.3, 0.4) is 0 Å². The summed E-state index contributed by atoms with van der Waals surface area (Å²) in [6, 6.07) is 1.08. The molecule has 0 spiro atoms. The zero-order chi connectivity index (χ0) is 19.9. The molecule has 9 heteroatoms. The van der Waals surface area contributed by atoms with Crippen molar-refractivity contribution in [1.82, 2.24) is 15.0 Å². The Morgan fingerprint density at radius 2 is 2.04 bits per heavy atom. The van der Waals surface area contributed by atoms with Crippen LogP contribution in [0, 0.1) is 0 Å². The third kappa shape index (κ3) is 3.47. The lowest BCUT2D eigenvalue weighted by Crippen LogP contribution is -2.43. The molecule has 4 heterocycles. The molecule has 152 valence electrons. The van der Waals surface area contributed by atoms with Crippen LogP contribution in [-0.4, -0.2) is 46.7 Å². The summed E-state index contributed by atoms with van der Waals surface area (Å²) in [5.74, 6) is -0.226. The van der Waals surface area contributed by atoms with E-state index in [0.717, 1.165) is 18.9 Å². The molecule has 0 aliphatic carbocycles. The maximum absolute atomic E-state index is 13.6. The van der Waals surface area contributed by atoms with Gasteiger partial charge in [-0.2, -0.15) is 13.2 Å². The summed E-state index contributed by atoms with van der Waals surface area (Å²) in [6.07, 6.45) is -1.84. The number of nitrogens with zero attached hydrogens (tertiary/aromatic N) is 3. The molecule has 6 nitrogen and oxygen atoms in total. The van der Waals surface area contributed by atoms with Crippen molar-refractivity contribution in [3.63, 3.8) is 0 Å². The number of likely N-dealkylation sites (tertiary alicyclic amines) is 1. The number of fused-ring (bicyclic) bond motifs is 1. The van der Waals surface area contributed by atoms with E-state index >= 15 is 0 Å². The average Bonchev–Trinajstić information content (AvgIpc) is 3.36. The van der Waals surface area contributed by atoms with E-state index in [1.807, 2.05) is 0 Å². The van der Waals surface area contributed by atoms with Crippen molar-refractivity contribution in [3.8, 4) is 0 Å². The molecule has 2 saturated heterocycles. The van der Waals surface area contributed by atoms with Gasteiger partial charge in [-0.3, -0.25) is 4.79 Å². The molecular weight excluding hydrogens is 375 g/mol. The van der Waals surface area contributed by atoms with E-state index in [4.69, 9.17) is 9.26 Å². The Labute approximate surface area is 160 Å². The minimum absolute atomic E-state index is 0.0220. The van der Waals surface area contributed by atoms with Gasteiger partial charge >= 0.3 is 6.18 Å². The lowest BCUT2D eigenvalue weighted by molar-refractivity contribution is -0.142. The van der Waals surface area contributed by atoms with Crippen molar-refractivity contribution in [1.29, 1.82) is 0 Å². The summed E-state index contributed by atoms with van der Waals surface area (Å²) >= 11 is 0. The van der Waals surface area contributed by atoms with E-state index in [0.29, 0.717) is 50.3 Å². The first-order chi connectivity index (χ1) is 13.4. The Balaban J connectivity index is 1.58. The fourth-order valence-electron chi connectivity index (χ4n) is 4.06. The maximum atomic E-state index is 13.6. The zero-order valence-electron chi connectivity index (χ0n) is 15.6. The van der Waals surface area contributed by atoms with Crippen molar-refractivity contribution < 1.29 is 27.2 Å². The van der Waals surface area contributed by atoms with Crippen LogP contribution in [0.4, 0.5) is 13.2 Å². The maximum Gasteiger partial charge on any atom is 0.417 e. The van der Waals surface area contributed by atoms with Crippen LogP contribution >= 0.6 is 0 Å². The number of pyridine rings is 1. The van der Waals surface area contributed by atoms with Crippen LogP contribution in [0.2, 0.25) is 0 Å². The topological polar surface area (TPSA) is 68.5 Å². The summed E-state index contributed by atoms with van der Waals surface area (Å²) in [5.41, 5.74) is -0.204.